The van der Waals surface area contributed by atoms with Crippen LogP contribution in [0.1, 0.15) is 19.3 Å². The van der Waals surface area contributed by atoms with E-state index < -0.39 is 0 Å². The summed E-state index contributed by atoms with van der Waals surface area (Å²) in [6.07, 6.45) is 3.39. The summed E-state index contributed by atoms with van der Waals surface area (Å²) in [6, 6.07) is 5.51. The van der Waals surface area contributed by atoms with Crippen molar-refractivity contribution >= 4 is 23.2 Å². The summed E-state index contributed by atoms with van der Waals surface area (Å²) >= 11 is 12.5. The van der Waals surface area contributed by atoms with Crippen molar-refractivity contribution in [2.24, 2.45) is 11.8 Å². The van der Waals surface area contributed by atoms with E-state index in [1.807, 2.05) is 18.2 Å². The van der Waals surface area contributed by atoms with Crippen LogP contribution in [0, 0.1) is 11.8 Å². The van der Waals surface area contributed by atoms with E-state index in [1.54, 1.807) is 0 Å². The molecule has 2 saturated heterocycles. The van der Waals surface area contributed by atoms with Crippen molar-refractivity contribution in [3.05, 3.63) is 28.2 Å². The van der Waals surface area contributed by atoms with Crippen LogP contribution in [0.4, 0.5) is 0 Å². The van der Waals surface area contributed by atoms with Crippen molar-refractivity contribution in [3.8, 4) is 5.75 Å². The van der Waals surface area contributed by atoms with Crippen molar-refractivity contribution in [1.29, 1.82) is 0 Å². The van der Waals surface area contributed by atoms with E-state index >= 15 is 0 Å². The lowest BCUT2D eigenvalue weighted by molar-refractivity contribution is -0.00125. The minimum atomic E-state index is 0.154. The summed E-state index contributed by atoms with van der Waals surface area (Å²) in [5.41, 5.74) is 0. The summed E-state index contributed by atoms with van der Waals surface area (Å²) in [5.74, 6) is 1.65. The summed E-state index contributed by atoms with van der Waals surface area (Å²) in [6.45, 7) is 3.70. The van der Waals surface area contributed by atoms with Gasteiger partial charge in [0, 0.05) is 31.6 Å². The zero-order valence-corrected chi connectivity index (χ0v) is 13.5. The molecule has 2 fully saturated rings. The Kier molecular flexibility index (Phi) is 5.28. The molecule has 21 heavy (non-hydrogen) atoms. The van der Waals surface area contributed by atoms with E-state index in [0.717, 1.165) is 45.6 Å². The highest BCUT2D eigenvalue weighted by Crippen LogP contribution is 2.37. The molecule has 1 aromatic carbocycles. The SMILES string of the molecule is Clc1cccc(Cl)c1O[C@@H](C1CCOCC1)[C@H]1CCNC1. The van der Waals surface area contributed by atoms with Crippen LogP contribution in [0.15, 0.2) is 18.2 Å². The summed E-state index contributed by atoms with van der Waals surface area (Å²) < 4.78 is 11.8. The second kappa shape index (κ2) is 7.19. The molecule has 0 aromatic heterocycles. The number of halogens is 2. The van der Waals surface area contributed by atoms with Crippen molar-refractivity contribution in [2.45, 2.75) is 25.4 Å². The quantitative estimate of drug-likeness (QED) is 0.911. The van der Waals surface area contributed by atoms with Gasteiger partial charge in [0.05, 0.1) is 10.0 Å². The molecule has 0 aliphatic carbocycles. The van der Waals surface area contributed by atoms with Crippen LogP contribution in [-0.2, 0) is 4.74 Å². The molecule has 0 bridgehead atoms. The first-order valence-electron chi connectivity index (χ1n) is 7.65. The molecule has 3 nitrogen and oxygen atoms in total. The molecule has 0 unspecified atom stereocenters. The molecule has 3 rings (SSSR count). The monoisotopic (exact) mass is 329 g/mol. The molecule has 0 amide bonds. The molecule has 2 aliphatic heterocycles. The van der Waals surface area contributed by atoms with Crippen molar-refractivity contribution in [2.75, 3.05) is 26.3 Å². The fourth-order valence-corrected chi connectivity index (χ4v) is 3.80. The first kappa shape index (κ1) is 15.4. The maximum absolute atomic E-state index is 6.34. The fourth-order valence-electron chi connectivity index (χ4n) is 3.31. The largest absolute Gasteiger partial charge is 0.487 e. The van der Waals surface area contributed by atoms with Gasteiger partial charge in [-0.05, 0) is 37.9 Å². The summed E-state index contributed by atoms with van der Waals surface area (Å²) in [5, 5.41) is 4.61. The van der Waals surface area contributed by atoms with Gasteiger partial charge in [0.2, 0.25) is 0 Å². The van der Waals surface area contributed by atoms with Crippen molar-refractivity contribution in [1.82, 2.24) is 5.32 Å². The van der Waals surface area contributed by atoms with Crippen LogP contribution in [0.25, 0.3) is 0 Å². The van der Waals surface area contributed by atoms with E-state index in [-0.39, 0.29) is 6.10 Å². The number of hydrogen-bond donors (Lipinski definition) is 1. The average Bonchev–Trinajstić information content (AvgIpc) is 3.02. The van der Waals surface area contributed by atoms with Crippen molar-refractivity contribution < 1.29 is 9.47 Å². The number of para-hydroxylation sites is 1. The average molecular weight is 330 g/mol. The lowest BCUT2D eigenvalue weighted by atomic mass is 9.85. The molecule has 2 heterocycles. The highest BCUT2D eigenvalue weighted by atomic mass is 35.5. The van der Waals surface area contributed by atoms with Gasteiger partial charge in [-0.15, -0.1) is 0 Å². The van der Waals surface area contributed by atoms with Crippen LogP contribution >= 0.6 is 23.2 Å². The Bertz CT molecular complexity index is 451. The third-order valence-corrected chi connectivity index (χ3v) is 5.06. The molecule has 2 aliphatic rings. The lowest BCUT2D eigenvalue weighted by Crippen LogP contribution is -2.39. The maximum Gasteiger partial charge on any atom is 0.156 e. The minimum absolute atomic E-state index is 0.154. The van der Waals surface area contributed by atoms with Crippen LogP contribution < -0.4 is 10.1 Å². The zero-order valence-electron chi connectivity index (χ0n) is 12.0. The number of ether oxygens (including phenoxy) is 2. The van der Waals surface area contributed by atoms with Gasteiger partial charge in [0.25, 0.3) is 0 Å². The second-order valence-corrected chi connectivity index (χ2v) is 6.65. The molecule has 2 atom stereocenters. The van der Waals surface area contributed by atoms with Gasteiger partial charge >= 0.3 is 0 Å². The summed E-state index contributed by atoms with van der Waals surface area (Å²) in [4.78, 5) is 0. The normalized spacial score (nSPS) is 25.0. The Hall–Kier alpha value is -0.480. The molecular formula is C16H21Cl2NO2. The van der Waals surface area contributed by atoms with Crippen LogP contribution in [-0.4, -0.2) is 32.4 Å². The Balaban J connectivity index is 1.80. The van der Waals surface area contributed by atoms with Crippen LogP contribution in [0.3, 0.4) is 0 Å². The van der Waals surface area contributed by atoms with E-state index in [1.165, 1.54) is 0 Å². The fraction of sp³-hybridized carbons (Fsp3) is 0.625. The maximum atomic E-state index is 6.34. The molecule has 1 N–H and O–H groups in total. The predicted molar refractivity (Wildman–Crippen MR) is 85.4 cm³/mol. The highest BCUT2D eigenvalue weighted by molar-refractivity contribution is 6.37. The van der Waals surface area contributed by atoms with Gasteiger partial charge in [-0.25, -0.2) is 0 Å². The number of hydrogen-bond acceptors (Lipinski definition) is 3. The number of benzene rings is 1. The van der Waals surface area contributed by atoms with Gasteiger partial charge in [0.1, 0.15) is 6.10 Å². The third-order valence-electron chi connectivity index (χ3n) is 4.47. The topological polar surface area (TPSA) is 30.5 Å². The third kappa shape index (κ3) is 3.65. The Labute approximate surface area is 135 Å². The Morgan fingerprint density at radius 3 is 2.43 bits per heavy atom. The Morgan fingerprint density at radius 1 is 1.10 bits per heavy atom. The number of nitrogens with one attached hydrogen (secondary N) is 1. The van der Waals surface area contributed by atoms with Crippen LogP contribution in [0.5, 0.6) is 5.75 Å². The first-order chi connectivity index (χ1) is 10.3. The van der Waals surface area contributed by atoms with Crippen LogP contribution in [0.2, 0.25) is 10.0 Å². The first-order valence-corrected chi connectivity index (χ1v) is 8.40. The summed E-state index contributed by atoms with van der Waals surface area (Å²) in [7, 11) is 0. The van der Waals surface area contributed by atoms with E-state index in [2.05, 4.69) is 5.32 Å². The molecule has 1 aromatic rings. The van der Waals surface area contributed by atoms with E-state index in [0.29, 0.717) is 27.6 Å². The van der Waals surface area contributed by atoms with Gasteiger partial charge in [-0.3, -0.25) is 0 Å². The van der Waals surface area contributed by atoms with Gasteiger partial charge in [-0.2, -0.15) is 0 Å². The van der Waals surface area contributed by atoms with Gasteiger partial charge < -0.3 is 14.8 Å². The highest BCUT2D eigenvalue weighted by Gasteiger charge is 2.35. The molecular weight excluding hydrogens is 309 g/mol. The van der Waals surface area contributed by atoms with Crippen molar-refractivity contribution in [3.63, 3.8) is 0 Å². The van der Waals surface area contributed by atoms with Gasteiger partial charge in [-0.1, -0.05) is 29.3 Å². The number of rotatable bonds is 4. The Morgan fingerprint density at radius 2 is 1.81 bits per heavy atom. The standard InChI is InChI=1S/C16H21Cl2NO2/c17-13-2-1-3-14(18)16(13)21-15(12-4-7-19-10-12)11-5-8-20-9-6-11/h1-3,11-12,15,19H,4-10H2/t12-,15-/m0/s1. The second-order valence-electron chi connectivity index (χ2n) is 5.84. The zero-order chi connectivity index (χ0) is 14.7. The molecule has 0 spiro atoms. The smallest absolute Gasteiger partial charge is 0.156 e. The molecule has 0 saturated carbocycles. The lowest BCUT2D eigenvalue weighted by Gasteiger charge is -2.34. The molecule has 5 heteroatoms. The predicted octanol–water partition coefficient (Wildman–Crippen LogP) is 3.78. The van der Waals surface area contributed by atoms with Gasteiger partial charge in [0.15, 0.2) is 5.75 Å². The van der Waals surface area contributed by atoms with E-state index in [4.69, 9.17) is 32.7 Å². The molecule has 116 valence electrons. The van der Waals surface area contributed by atoms with E-state index in [9.17, 15) is 0 Å². The molecule has 0 radical (unpaired) electrons. The minimum Gasteiger partial charge on any atom is -0.487 e.